The van der Waals surface area contributed by atoms with Gasteiger partial charge in [-0.3, -0.25) is 0 Å². The predicted molar refractivity (Wildman–Crippen MR) is 117 cm³/mol. The lowest BCUT2D eigenvalue weighted by atomic mass is 10.0. The third kappa shape index (κ3) is 4.58. The van der Waals surface area contributed by atoms with E-state index in [0.717, 1.165) is 40.9 Å². The van der Waals surface area contributed by atoms with Crippen LogP contribution in [-0.4, -0.2) is 28.1 Å². The molecule has 1 heterocycles. The Labute approximate surface area is 170 Å². The van der Waals surface area contributed by atoms with E-state index in [4.69, 9.17) is 0 Å². The summed E-state index contributed by atoms with van der Waals surface area (Å²) in [7, 11) is -3.52. The third-order valence-corrected chi connectivity index (χ3v) is 7.66. The molecule has 0 aliphatic carbocycles. The molecule has 1 fully saturated rings. The summed E-state index contributed by atoms with van der Waals surface area (Å²) >= 11 is 0. The highest BCUT2D eigenvalue weighted by Crippen LogP contribution is 2.26. The summed E-state index contributed by atoms with van der Waals surface area (Å²) in [6.07, 6.45) is 4.54. The van der Waals surface area contributed by atoms with Gasteiger partial charge in [-0.05, 0) is 93.3 Å². The van der Waals surface area contributed by atoms with Gasteiger partial charge in [0.1, 0.15) is 0 Å². The lowest BCUT2D eigenvalue weighted by molar-refractivity contribution is 0.577. The molecule has 0 bridgehead atoms. The molecular formula is C23H32N2O2S. The van der Waals surface area contributed by atoms with Gasteiger partial charge < -0.3 is 4.90 Å². The Morgan fingerprint density at radius 2 is 1.46 bits per heavy atom. The summed E-state index contributed by atoms with van der Waals surface area (Å²) in [5.74, 6) is 0. The van der Waals surface area contributed by atoms with Crippen LogP contribution >= 0.6 is 0 Å². The van der Waals surface area contributed by atoms with E-state index in [1.54, 1.807) is 0 Å². The van der Waals surface area contributed by atoms with Crippen molar-refractivity contribution < 1.29 is 8.42 Å². The van der Waals surface area contributed by atoms with Crippen molar-refractivity contribution in [1.82, 2.24) is 4.72 Å². The van der Waals surface area contributed by atoms with Crippen molar-refractivity contribution in [3.05, 3.63) is 58.1 Å². The van der Waals surface area contributed by atoms with Crippen LogP contribution in [0.4, 0.5) is 5.69 Å². The van der Waals surface area contributed by atoms with E-state index >= 15 is 0 Å². The van der Waals surface area contributed by atoms with Crippen molar-refractivity contribution in [2.75, 3.05) is 24.5 Å². The predicted octanol–water partition coefficient (Wildman–Crippen LogP) is 4.43. The van der Waals surface area contributed by atoms with E-state index in [1.807, 2.05) is 33.8 Å². The van der Waals surface area contributed by atoms with Crippen molar-refractivity contribution in [1.29, 1.82) is 0 Å². The van der Waals surface area contributed by atoms with Gasteiger partial charge in [0.15, 0.2) is 0 Å². The van der Waals surface area contributed by atoms with Gasteiger partial charge in [0.05, 0.1) is 4.90 Å². The Morgan fingerprint density at radius 3 is 2.04 bits per heavy atom. The second-order valence-corrected chi connectivity index (χ2v) is 9.66. The number of rotatable bonds is 6. The van der Waals surface area contributed by atoms with Gasteiger partial charge in [0.25, 0.3) is 0 Å². The van der Waals surface area contributed by atoms with E-state index in [0.29, 0.717) is 17.9 Å². The first-order chi connectivity index (χ1) is 13.3. The van der Waals surface area contributed by atoms with Gasteiger partial charge in [0.2, 0.25) is 10.0 Å². The molecule has 1 N–H and O–H groups in total. The minimum atomic E-state index is -3.52. The molecule has 0 saturated carbocycles. The molecule has 0 radical (unpaired) electrons. The van der Waals surface area contributed by atoms with E-state index in [2.05, 4.69) is 33.9 Å². The molecule has 1 saturated heterocycles. The van der Waals surface area contributed by atoms with Crippen LogP contribution in [0.3, 0.4) is 0 Å². The zero-order chi connectivity index (χ0) is 20.3. The lowest BCUT2D eigenvalue weighted by Crippen LogP contribution is -2.29. The largest absolute Gasteiger partial charge is 0.372 e. The molecule has 0 spiro atoms. The Kier molecular flexibility index (Phi) is 6.46. The highest BCUT2D eigenvalue weighted by molar-refractivity contribution is 7.89. The summed E-state index contributed by atoms with van der Waals surface area (Å²) in [5.41, 5.74) is 6.11. The number of nitrogens with zero attached hydrogens (tertiary/aromatic N) is 1. The van der Waals surface area contributed by atoms with Crippen molar-refractivity contribution in [3.63, 3.8) is 0 Å². The molecule has 0 atom stereocenters. The average Bonchev–Trinajstić information content (AvgIpc) is 2.67. The standard InChI is InChI=1S/C23H32N2O2S/c1-17-16-18(2)20(4)23(19(17)3)28(26,27)24-13-12-21-8-10-22(11-9-21)25-14-6-5-7-15-25/h8-11,16,24H,5-7,12-15H2,1-4H3. The molecule has 0 amide bonds. The van der Waals surface area contributed by atoms with Crippen LogP contribution in [0.2, 0.25) is 0 Å². The smallest absolute Gasteiger partial charge is 0.241 e. The SMILES string of the molecule is Cc1cc(C)c(C)c(S(=O)(=O)NCCc2ccc(N3CCCCC3)cc2)c1C. The Balaban J connectivity index is 1.64. The maximum absolute atomic E-state index is 12.9. The molecule has 152 valence electrons. The fourth-order valence-electron chi connectivity index (χ4n) is 4.01. The van der Waals surface area contributed by atoms with Gasteiger partial charge in [-0.15, -0.1) is 0 Å². The summed E-state index contributed by atoms with van der Waals surface area (Å²) in [5, 5.41) is 0. The summed E-state index contributed by atoms with van der Waals surface area (Å²) in [4.78, 5) is 2.87. The van der Waals surface area contributed by atoms with E-state index < -0.39 is 10.0 Å². The third-order valence-electron chi connectivity index (χ3n) is 5.93. The first-order valence-corrected chi connectivity index (χ1v) is 11.7. The van der Waals surface area contributed by atoms with Crippen LogP contribution in [0, 0.1) is 27.7 Å². The second-order valence-electron chi connectivity index (χ2n) is 7.95. The number of piperidine rings is 1. The topological polar surface area (TPSA) is 49.4 Å². The van der Waals surface area contributed by atoms with Crippen molar-refractivity contribution >= 4 is 15.7 Å². The lowest BCUT2D eigenvalue weighted by Gasteiger charge is -2.28. The summed E-state index contributed by atoms with van der Waals surface area (Å²) in [6, 6.07) is 10.6. The second kappa shape index (κ2) is 8.66. The van der Waals surface area contributed by atoms with Crippen molar-refractivity contribution in [2.45, 2.75) is 58.3 Å². The highest BCUT2D eigenvalue weighted by atomic mass is 32.2. The van der Waals surface area contributed by atoms with E-state index in [9.17, 15) is 8.42 Å². The minimum Gasteiger partial charge on any atom is -0.372 e. The quantitative estimate of drug-likeness (QED) is 0.780. The molecule has 28 heavy (non-hydrogen) atoms. The van der Waals surface area contributed by atoms with Crippen LogP contribution in [0.25, 0.3) is 0 Å². The van der Waals surface area contributed by atoms with Crippen LogP contribution in [0.5, 0.6) is 0 Å². The number of benzene rings is 2. The van der Waals surface area contributed by atoms with Crippen LogP contribution in [0.1, 0.15) is 47.1 Å². The van der Waals surface area contributed by atoms with Gasteiger partial charge >= 0.3 is 0 Å². The average molecular weight is 401 g/mol. The zero-order valence-corrected chi connectivity index (χ0v) is 18.3. The number of aryl methyl sites for hydroxylation is 2. The fraction of sp³-hybridized carbons (Fsp3) is 0.478. The Morgan fingerprint density at radius 1 is 0.893 bits per heavy atom. The van der Waals surface area contributed by atoms with E-state index in [-0.39, 0.29) is 0 Å². The molecule has 0 aromatic heterocycles. The fourth-order valence-corrected chi connectivity index (χ4v) is 5.65. The number of anilines is 1. The molecule has 4 nitrogen and oxygen atoms in total. The molecule has 0 unspecified atom stereocenters. The van der Waals surface area contributed by atoms with Crippen LogP contribution in [0.15, 0.2) is 35.2 Å². The molecule has 2 aromatic rings. The molecule has 1 aliphatic heterocycles. The molecule has 5 heteroatoms. The van der Waals surface area contributed by atoms with Crippen LogP contribution < -0.4 is 9.62 Å². The zero-order valence-electron chi connectivity index (χ0n) is 17.5. The minimum absolute atomic E-state index is 0.400. The maximum atomic E-state index is 12.9. The van der Waals surface area contributed by atoms with Gasteiger partial charge in [-0.1, -0.05) is 18.2 Å². The molecule has 2 aromatic carbocycles. The van der Waals surface area contributed by atoms with Gasteiger partial charge in [0, 0.05) is 25.3 Å². The number of hydrogen-bond donors (Lipinski definition) is 1. The first-order valence-electron chi connectivity index (χ1n) is 10.2. The Bertz CT molecular complexity index is 902. The van der Waals surface area contributed by atoms with Crippen molar-refractivity contribution in [2.24, 2.45) is 0 Å². The summed E-state index contributed by atoms with van der Waals surface area (Å²) in [6.45, 7) is 10.4. The maximum Gasteiger partial charge on any atom is 0.241 e. The number of sulfonamides is 1. The molecule has 3 rings (SSSR count). The normalized spacial score (nSPS) is 15.1. The summed E-state index contributed by atoms with van der Waals surface area (Å²) < 4.78 is 28.6. The van der Waals surface area contributed by atoms with Crippen molar-refractivity contribution in [3.8, 4) is 0 Å². The molecule has 1 aliphatic rings. The first kappa shape index (κ1) is 20.9. The van der Waals surface area contributed by atoms with E-state index in [1.165, 1.54) is 24.9 Å². The van der Waals surface area contributed by atoms with Crippen LogP contribution in [-0.2, 0) is 16.4 Å². The molecular weight excluding hydrogens is 368 g/mol. The highest BCUT2D eigenvalue weighted by Gasteiger charge is 2.21. The van der Waals surface area contributed by atoms with Gasteiger partial charge in [-0.2, -0.15) is 0 Å². The number of nitrogens with one attached hydrogen (secondary N) is 1. The number of hydrogen-bond acceptors (Lipinski definition) is 3. The van der Waals surface area contributed by atoms with Gasteiger partial charge in [-0.25, -0.2) is 13.1 Å². The Hall–Kier alpha value is -1.85. The monoisotopic (exact) mass is 400 g/mol.